The molecular weight excluding hydrogens is 246 g/mol. The van der Waals surface area contributed by atoms with Gasteiger partial charge < -0.3 is 5.32 Å². The molecule has 0 aliphatic carbocycles. The summed E-state index contributed by atoms with van der Waals surface area (Å²) in [6.45, 7) is 0.609. The van der Waals surface area contributed by atoms with Gasteiger partial charge in [-0.15, -0.1) is 0 Å². The molecule has 0 amide bonds. The van der Waals surface area contributed by atoms with Gasteiger partial charge in [0.05, 0.1) is 11.6 Å². The molecule has 0 saturated carbocycles. The molecule has 0 aromatic heterocycles. The fourth-order valence-electron chi connectivity index (χ4n) is 1.76. The van der Waals surface area contributed by atoms with Crippen molar-refractivity contribution in [3.05, 3.63) is 70.8 Å². The standard InChI is InChI=1S/C15H12F2N2/c16-14-6-12(8-18)7-15(17)13(14)10-19-9-11-4-2-1-3-5-11/h1-7,19H,9-10H2. The molecule has 1 N–H and O–H groups in total. The van der Waals surface area contributed by atoms with Crippen molar-refractivity contribution >= 4 is 0 Å². The molecule has 0 heterocycles. The number of rotatable bonds is 4. The topological polar surface area (TPSA) is 35.8 Å². The number of hydrogen-bond acceptors (Lipinski definition) is 2. The van der Waals surface area contributed by atoms with Gasteiger partial charge in [0.15, 0.2) is 0 Å². The highest BCUT2D eigenvalue weighted by atomic mass is 19.1. The van der Waals surface area contributed by atoms with Gasteiger partial charge >= 0.3 is 0 Å². The summed E-state index contributed by atoms with van der Waals surface area (Å²) in [6.07, 6.45) is 0. The highest BCUT2D eigenvalue weighted by molar-refractivity contribution is 5.34. The molecule has 4 heteroatoms. The fourth-order valence-corrected chi connectivity index (χ4v) is 1.76. The predicted octanol–water partition coefficient (Wildman–Crippen LogP) is 3.13. The van der Waals surface area contributed by atoms with Crippen molar-refractivity contribution < 1.29 is 8.78 Å². The van der Waals surface area contributed by atoms with Crippen molar-refractivity contribution in [3.8, 4) is 6.07 Å². The van der Waals surface area contributed by atoms with Gasteiger partial charge in [-0.2, -0.15) is 5.26 Å². The number of benzene rings is 2. The van der Waals surface area contributed by atoms with Crippen molar-refractivity contribution in [2.24, 2.45) is 0 Å². The Balaban J connectivity index is 2.02. The molecule has 0 saturated heterocycles. The second-order valence-corrected chi connectivity index (χ2v) is 4.12. The summed E-state index contributed by atoms with van der Waals surface area (Å²) in [5, 5.41) is 11.6. The van der Waals surface area contributed by atoms with E-state index in [0.29, 0.717) is 6.54 Å². The molecule has 0 fully saturated rings. The minimum absolute atomic E-state index is 0.0122. The summed E-state index contributed by atoms with van der Waals surface area (Å²) in [5.41, 5.74) is 0.980. The highest BCUT2D eigenvalue weighted by Crippen LogP contribution is 2.15. The average molecular weight is 258 g/mol. The third-order valence-electron chi connectivity index (χ3n) is 2.74. The van der Waals surface area contributed by atoms with Gasteiger partial charge in [-0.05, 0) is 17.7 Å². The van der Waals surface area contributed by atoms with Crippen LogP contribution in [0.25, 0.3) is 0 Å². The first-order chi connectivity index (χ1) is 9.20. The third-order valence-corrected chi connectivity index (χ3v) is 2.74. The van der Waals surface area contributed by atoms with E-state index in [-0.39, 0.29) is 17.7 Å². The fraction of sp³-hybridized carbons (Fsp3) is 0.133. The van der Waals surface area contributed by atoms with Crippen LogP contribution in [0.4, 0.5) is 8.78 Å². The minimum atomic E-state index is -0.697. The number of nitrogens with one attached hydrogen (secondary N) is 1. The normalized spacial score (nSPS) is 10.2. The molecule has 2 rings (SSSR count). The largest absolute Gasteiger partial charge is 0.308 e. The van der Waals surface area contributed by atoms with Gasteiger partial charge in [-0.1, -0.05) is 30.3 Å². The summed E-state index contributed by atoms with van der Waals surface area (Å²) in [7, 11) is 0. The zero-order chi connectivity index (χ0) is 13.7. The van der Waals surface area contributed by atoms with Crippen LogP contribution < -0.4 is 5.32 Å². The van der Waals surface area contributed by atoms with Crippen molar-refractivity contribution in [2.45, 2.75) is 13.1 Å². The van der Waals surface area contributed by atoms with Crippen molar-refractivity contribution in [2.75, 3.05) is 0 Å². The van der Waals surface area contributed by atoms with E-state index >= 15 is 0 Å². The van der Waals surface area contributed by atoms with Crippen LogP contribution in [0.5, 0.6) is 0 Å². The van der Waals surface area contributed by atoms with E-state index in [4.69, 9.17) is 5.26 Å². The van der Waals surface area contributed by atoms with Crippen LogP contribution in [0.15, 0.2) is 42.5 Å². The number of nitriles is 1. The highest BCUT2D eigenvalue weighted by Gasteiger charge is 2.10. The van der Waals surface area contributed by atoms with Crippen LogP contribution in [0.2, 0.25) is 0 Å². The maximum Gasteiger partial charge on any atom is 0.131 e. The van der Waals surface area contributed by atoms with Gasteiger partial charge in [-0.25, -0.2) is 8.78 Å². The first kappa shape index (κ1) is 13.2. The molecule has 0 unspecified atom stereocenters. The van der Waals surface area contributed by atoms with Gasteiger partial charge in [-0.3, -0.25) is 0 Å². The Bertz CT molecular complexity index is 580. The quantitative estimate of drug-likeness (QED) is 0.914. The van der Waals surface area contributed by atoms with E-state index in [0.717, 1.165) is 17.7 Å². The van der Waals surface area contributed by atoms with E-state index in [2.05, 4.69) is 5.32 Å². The minimum Gasteiger partial charge on any atom is -0.308 e. The Kier molecular flexibility index (Phi) is 4.22. The molecule has 0 radical (unpaired) electrons. The van der Waals surface area contributed by atoms with Crippen molar-refractivity contribution in [1.82, 2.24) is 5.32 Å². The summed E-state index contributed by atoms with van der Waals surface area (Å²) >= 11 is 0. The smallest absolute Gasteiger partial charge is 0.131 e. The zero-order valence-electron chi connectivity index (χ0n) is 10.2. The summed E-state index contributed by atoms with van der Waals surface area (Å²) in [6, 6.07) is 13.4. The second kappa shape index (κ2) is 6.07. The molecule has 19 heavy (non-hydrogen) atoms. The molecule has 2 nitrogen and oxygen atoms in total. The number of nitrogens with zero attached hydrogens (tertiary/aromatic N) is 1. The molecule has 2 aromatic rings. The van der Waals surface area contributed by atoms with E-state index < -0.39 is 11.6 Å². The molecule has 0 aliphatic heterocycles. The van der Waals surface area contributed by atoms with E-state index in [1.165, 1.54) is 0 Å². The van der Waals surface area contributed by atoms with E-state index in [1.807, 2.05) is 30.3 Å². The monoisotopic (exact) mass is 258 g/mol. The molecule has 2 aromatic carbocycles. The summed E-state index contributed by atoms with van der Waals surface area (Å²) < 4.78 is 27.2. The molecular formula is C15H12F2N2. The summed E-state index contributed by atoms with van der Waals surface area (Å²) in [4.78, 5) is 0. The number of halogens is 2. The Morgan fingerprint density at radius 1 is 1.00 bits per heavy atom. The van der Waals surface area contributed by atoms with Crippen LogP contribution in [-0.4, -0.2) is 0 Å². The van der Waals surface area contributed by atoms with E-state index in [1.54, 1.807) is 6.07 Å². The van der Waals surface area contributed by atoms with Crippen LogP contribution in [0, 0.1) is 23.0 Å². The van der Waals surface area contributed by atoms with Crippen LogP contribution in [-0.2, 0) is 13.1 Å². The molecule has 0 bridgehead atoms. The summed E-state index contributed by atoms with van der Waals surface area (Å²) in [5.74, 6) is -1.39. The maximum absolute atomic E-state index is 13.6. The van der Waals surface area contributed by atoms with Gasteiger partial charge in [0.25, 0.3) is 0 Å². The molecule has 0 atom stereocenters. The molecule has 0 aliphatic rings. The lowest BCUT2D eigenvalue weighted by molar-refractivity contribution is 0.535. The van der Waals surface area contributed by atoms with Crippen LogP contribution >= 0.6 is 0 Å². The second-order valence-electron chi connectivity index (χ2n) is 4.12. The average Bonchev–Trinajstić information content (AvgIpc) is 2.42. The predicted molar refractivity (Wildman–Crippen MR) is 68.1 cm³/mol. The lowest BCUT2D eigenvalue weighted by Crippen LogP contribution is -2.15. The maximum atomic E-state index is 13.6. The first-order valence-corrected chi connectivity index (χ1v) is 5.83. The third kappa shape index (κ3) is 3.36. The first-order valence-electron chi connectivity index (χ1n) is 5.83. The Morgan fingerprint density at radius 2 is 1.63 bits per heavy atom. The van der Waals surface area contributed by atoms with Crippen molar-refractivity contribution in [3.63, 3.8) is 0 Å². The number of hydrogen-bond donors (Lipinski definition) is 1. The van der Waals surface area contributed by atoms with Gasteiger partial charge in [0, 0.05) is 18.7 Å². The van der Waals surface area contributed by atoms with Crippen LogP contribution in [0.3, 0.4) is 0 Å². The Morgan fingerprint density at radius 3 is 2.21 bits per heavy atom. The van der Waals surface area contributed by atoms with Crippen LogP contribution in [0.1, 0.15) is 16.7 Å². The van der Waals surface area contributed by atoms with Gasteiger partial charge in [0.1, 0.15) is 11.6 Å². The lowest BCUT2D eigenvalue weighted by atomic mass is 10.1. The lowest BCUT2D eigenvalue weighted by Gasteiger charge is -2.07. The Labute approximate surface area is 110 Å². The Hall–Kier alpha value is -2.25. The van der Waals surface area contributed by atoms with E-state index in [9.17, 15) is 8.78 Å². The molecule has 0 spiro atoms. The van der Waals surface area contributed by atoms with Gasteiger partial charge in [0.2, 0.25) is 0 Å². The molecule has 96 valence electrons. The van der Waals surface area contributed by atoms with Crippen molar-refractivity contribution in [1.29, 1.82) is 5.26 Å². The zero-order valence-corrected chi connectivity index (χ0v) is 10.2. The SMILES string of the molecule is N#Cc1cc(F)c(CNCc2ccccc2)c(F)c1.